The molecule has 4 heterocycles. The minimum atomic E-state index is -0.132. The first-order chi connectivity index (χ1) is 19.0. The van der Waals surface area contributed by atoms with E-state index in [1.54, 1.807) is 6.33 Å². The highest BCUT2D eigenvalue weighted by atomic mass is 16.7. The first kappa shape index (κ1) is 24.5. The van der Waals surface area contributed by atoms with E-state index < -0.39 is 0 Å². The van der Waals surface area contributed by atoms with Crippen LogP contribution in [0.25, 0.3) is 11.2 Å². The molecule has 0 aliphatic carbocycles. The van der Waals surface area contributed by atoms with E-state index in [-0.39, 0.29) is 18.6 Å². The fraction of sp³-hybridized carbons (Fsp3) is 0.296. The smallest absolute Gasteiger partial charge is 0.231 e. The van der Waals surface area contributed by atoms with Crippen LogP contribution in [0.2, 0.25) is 0 Å². The lowest BCUT2D eigenvalue weighted by molar-refractivity contribution is -0.127. The molecule has 0 radical (unpaired) electrons. The van der Waals surface area contributed by atoms with Gasteiger partial charge < -0.3 is 34.9 Å². The zero-order chi connectivity index (χ0) is 26.8. The van der Waals surface area contributed by atoms with Crippen LogP contribution in [0.4, 0.5) is 23.1 Å². The van der Waals surface area contributed by atoms with Gasteiger partial charge in [0.25, 0.3) is 0 Å². The van der Waals surface area contributed by atoms with Gasteiger partial charge in [-0.3, -0.25) is 9.59 Å². The lowest BCUT2D eigenvalue weighted by Gasteiger charge is -2.16. The molecule has 0 bridgehead atoms. The summed E-state index contributed by atoms with van der Waals surface area (Å²) in [7, 11) is 0. The molecule has 1 saturated heterocycles. The van der Waals surface area contributed by atoms with Gasteiger partial charge >= 0.3 is 0 Å². The fourth-order valence-electron chi connectivity index (χ4n) is 4.65. The number of hydrogen-bond donors (Lipinski definition) is 3. The molecule has 0 atom stereocenters. The van der Waals surface area contributed by atoms with Crippen molar-refractivity contribution in [3.05, 3.63) is 54.4 Å². The van der Waals surface area contributed by atoms with Crippen LogP contribution in [-0.2, 0) is 22.7 Å². The highest BCUT2D eigenvalue weighted by molar-refractivity contribution is 5.89. The second-order valence-corrected chi connectivity index (χ2v) is 9.42. The van der Waals surface area contributed by atoms with Crippen LogP contribution in [0.3, 0.4) is 0 Å². The standard InChI is InChI=1S/C27H28N8O4/c1-17(36)30-19-5-7-20(8-6-19)31-25-24-26(35(15-29-24)12-11-34-10-2-3-23(34)37)33-27(32-25)28-14-18-4-9-21-22(13-18)39-16-38-21/h4-9,13,15H,2-3,10-12,14,16H2,1H3,(H,30,36)(H2,28,31,32,33). The fourth-order valence-corrected chi connectivity index (χ4v) is 4.65. The van der Waals surface area contributed by atoms with Crippen molar-refractivity contribution in [3.63, 3.8) is 0 Å². The minimum absolute atomic E-state index is 0.132. The number of ether oxygens (including phenoxy) is 2. The summed E-state index contributed by atoms with van der Waals surface area (Å²) >= 11 is 0. The topological polar surface area (TPSA) is 136 Å². The second-order valence-electron chi connectivity index (χ2n) is 9.42. The Kier molecular flexibility index (Phi) is 6.57. The third kappa shape index (κ3) is 5.40. The molecular weight excluding hydrogens is 500 g/mol. The van der Waals surface area contributed by atoms with E-state index in [1.807, 2.05) is 51.9 Å². The van der Waals surface area contributed by atoms with E-state index >= 15 is 0 Å². The summed E-state index contributed by atoms with van der Waals surface area (Å²) in [5.41, 5.74) is 3.74. The Bertz CT molecular complexity index is 1540. The normalized spacial score (nSPS) is 14.2. The zero-order valence-electron chi connectivity index (χ0n) is 21.4. The number of anilines is 4. The van der Waals surface area contributed by atoms with Gasteiger partial charge in [0.15, 0.2) is 28.5 Å². The number of imidazole rings is 1. The van der Waals surface area contributed by atoms with Crippen molar-refractivity contribution in [2.24, 2.45) is 0 Å². The SMILES string of the molecule is CC(=O)Nc1ccc(Nc2nc(NCc3ccc4c(c3)OCO4)nc3c2ncn3CCN2CCCC2=O)cc1. The monoisotopic (exact) mass is 528 g/mol. The summed E-state index contributed by atoms with van der Waals surface area (Å²) in [6.07, 6.45) is 3.23. The molecule has 39 heavy (non-hydrogen) atoms. The Morgan fingerprint density at radius 2 is 1.85 bits per heavy atom. The summed E-state index contributed by atoms with van der Waals surface area (Å²) in [6.45, 7) is 4.12. The Balaban J connectivity index is 1.27. The number of likely N-dealkylation sites (tertiary alicyclic amines) is 1. The number of rotatable bonds is 9. The average Bonchev–Trinajstić information content (AvgIpc) is 3.67. The van der Waals surface area contributed by atoms with Crippen molar-refractivity contribution in [2.75, 3.05) is 35.8 Å². The summed E-state index contributed by atoms with van der Waals surface area (Å²) in [4.78, 5) is 39.4. The molecule has 6 rings (SSSR count). The van der Waals surface area contributed by atoms with Gasteiger partial charge in [0, 0.05) is 50.9 Å². The molecule has 2 amide bonds. The van der Waals surface area contributed by atoms with Crippen LogP contribution in [0, 0.1) is 0 Å². The number of nitrogens with one attached hydrogen (secondary N) is 3. The minimum Gasteiger partial charge on any atom is -0.454 e. The van der Waals surface area contributed by atoms with Gasteiger partial charge in [-0.1, -0.05) is 6.07 Å². The Morgan fingerprint density at radius 1 is 1.03 bits per heavy atom. The zero-order valence-corrected chi connectivity index (χ0v) is 21.4. The van der Waals surface area contributed by atoms with E-state index in [2.05, 4.69) is 20.9 Å². The molecular formula is C27H28N8O4. The van der Waals surface area contributed by atoms with E-state index in [0.717, 1.165) is 30.0 Å². The summed E-state index contributed by atoms with van der Waals surface area (Å²) in [5.74, 6) is 2.46. The maximum absolute atomic E-state index is 12.1. The highest BCUT2D eigenvalue weighted by Crippen LogP contribution is 2.33. The van der Waals surface area contributed by atoms with Crippen LogP contribution in [-0.4, -0.2) is 56.1 Å². The van der Waals surface area contributed by atoms with Crippen LogP contribution < -0.4 is 25.4 Å². The molecule has 200 valence electrons. The summed E-state index contributed by atoms with van der Waals surface area (Å²) in [5, 5.41) is 9.41. The molecule has 0 saturated carbocycles. The molecule has 1 fully saturated rings. The molecule has 3 N–H and O–H groups in total. The molecule has 2 aromatic carbocycles. The number of carbonyl (C=O) groups excluding carboxylic acids is 2. The molecule has 4 aromatic rings. The average molecular weight is 529 g/mol. The molecule has 2 aliphatic rings. The first-order valence-electron chi connectivity index (χ1n) is 12.8. The van der Waals surface area contributed by atoms with Crippen LogP contribution in [0.15, 0.2) is 48.8 Å². The number of aromatic nitrogens is 4. The number of hydrogen-bond acceptors (Lipinski definition) is 9. The predicted molar refractivity (Wildman–Crippen MR) is 145 cm³/mol. The van der Waals surface area contributed by atoms with E-state index in [1.165, 1.54) is 6.92 Å². The Morgan fingerprint density at radius 3 is 2.64 bits per heavy atom. The first-order valence-corrected chi connectivity index (χ1v) is 12.8. The van der Waals surface area contributed by atoms with E-state index in [4.69, 9.17) is 19.4 Å². The predicted octanol–water partition coefficient (Wildman–Crippen LogP) is 3.49. The molecule has 2 aliphatic heterocycles. The van der Waals surface area contributed by atoms with Crippen LogP contribution in [0.1, 0.15) is 25.3 Å². The Hall–Kier alpha value is -4.87. The lowest BCUT2D eigenvalue weighted by atomic mass is 10.2. The van der Waals surface area contributed by atoms with E-state index in [9.17, 15) is 9.59 Å². The number of benzene rings is 2. The number of amides is 2. The molecule has 0 spiro atoms. The van der Waals surface area contributed by atoms with Crippen molar-refractivity contribution in [2.45, 2.75) is 32.9 Å². The molecule has 12 nitrogen and oxygen atoms in total. The number of carbonyl (C=O) groups is 2. The Labute approximate surface area is 224 Å². The van der Waals surface area contributed by atoms with Gasteiger partial charge in [-0.05, 0) is 48.4 Å². The van der Waals surface area contributed by atoms with Crippen molar-refractivity contribution >= 4 is 46.1 Å². The third-order valence-corrected chi connectivity index (χ3v) is 6.60. The highest BCUT2D eigenvalue weighted by Gasteiger charge is 2.21. The number of nitrogens with zero attached hydrogens (tertiary/aromatic N) is 5. The van der Waals surface area contributed by atoms with E-state index in [0.29, 0.717) is 60.4 Å². The van der Waals surface area contributed by atoms with Gasteiger partial charge in [-0.2, -0.15) is 9.97 Å². The van der Waals surface area contributed by atoms with Crippen LogP contribution in [0.5, 0.6) is 11.5 Å². The van der Waals surface area contributed by atoms with Crippen LogP contribution >= 0.6 is 0 Å². The molecule has 12 heteroatoms. The maximum Gasteiger partial charge on any atom is 0.231 e. The van der Waals surface area contributed by atoms with Gasteiger partial charge in [0.05, 0.1) is 6.33 Å². The summed E-state index contributed by atoms with van der Waals surface area (Å²) < 4.78 is 12.8. The van der Waals surface area contributed by atoms with Gasteiger partial charge in [-0.25, -0.2) is 4.98 Å². The quantitative estimate of drug-likeness (QED) is 0.298. The van der Waals surface area contributed by atoms with Gasteiger partial charge in [-0.15, -0.1) is 0 Å². The largest absolute Gasteiger partial charge is 0.454 e. The van der Waals surface area contributed by atoms with Gasteiger partial charge in [0.2, 0.25) is 24.6 Å². The number of fused-ring (bicyclic) bond motifs is 2. The third-order valence-electron chi connectivity index (χ3n) is 6.60. The van der Waals surface area contributed by atoms with Gasteiger partial charge in [0.1, 0.15) is 0 Å². The molecule has 2 aromatic heterocycles. The van der Waals surface area contributed by atoms with Crippen molar-refractivity contribution < 1.29 is 19.1 Å². The second kappa shape index (κ2) is 10.5. The lowest BCUT2D eigenvalue weighted by Crippen LogP contribution is -2.28. The van der Waals surface area contributed by atoms with Crippen molar-refractivity contribution in [3.8, 4) is 11.5 Å². The molecule has 0 unspecified atom stereocenters. The summed E-state index contributed by atoms with van der Waals surface area (Å²) in [6, 6.07) is 13.1. The maximum atomic E-state index is 12.1. The van der Waals surface area contributed by atoms with Crippen molar-refractivity contribution in [1.82, 2.24) is 24.4 Å². The van der Waals surface area contributed by atoms with Crippen molar-refractivity contribution in [1.29, 1.82) is 0 Å².